The minimum absolute atomic E-state index is 0.104. The lowest BCUT2D eigenvalue weighted by molar-refractivity contribution is -0.140. The molecule has 92 valence electrons. The molecule has 0 spiro atoms. The van der Waals surface area contributed by atoms with Crippen LogP contribution in [0.15, 0.2) is 24.3 Å². The number of hydrogen-bond acceptors (Lipinski definition) is 3. The van der Waals surface area contributed by atoms with Crippen molar-refractivity contribution in [1.82, 2.24) is 10.2 Å². The summed E-state index contributed by atoms with van der Waals surface area (Å²) in [6.45, 7) is 5.85. The highest BCUT2D eigenvalue weighted by molar-refractivity contribution is 5.86. The van der Waals surface area contributed by atoms with E-state index in [1.807, 2.05) is 24.8 Å². The van der Waals surface area contributed by atoms with E-state index in [4.69, 9.17) is 0 Å². The van der Waals surface area contributed by atoms with Crippen LogP contribution in [-0.2, 0) is 11.3 Å². The molecule has 4 nitrogen and oxygen atoms in total. The molecule has 1 saturated heterocycles. The molecule has 1 aromatic rings. The van der Waals surface area contributed by atoms with E-state index in [-0.39, 0.29) is 11.7 Å². The van der Waals surface area contributed by atoms with Gasteiger partial charge in [-0.1, -0.05) is 12.1 Å². The molecule has 0 bridgehead atoms. The molecule has 1 aliphatic rings. The van der Waals surface area contributed by atoms with E-state index in [2.05, 4.69) is 5.32 Å². The second-order valence-electron chi connectivity index (χ2n) is 4.95. The Morgan fingerprint density at radius 3 is 2.94 bits per heavy atom. The third kappa shape index (κ3) is 2.58. The molecule has 0 aliphatic carbocycles. The summed E-state index contributed by atoms with van der Waals surface area (Å²) in [6, 6.07) is 7.04. The average molecular weight is 234 g/mol. The molecule has 1 heterocycles. The lowest BCUT2D eigenvalue weighted by Gasteiger charge is -2.38. The maximum atomic E-state index is 12.1. The lowest BCUT2D eigenvalue weighted by Crippen LogP contribution is -2.60. The standard InChI is InChI=1S/C13H18N2O2/c1-13(2)12(17)15(7-6-14-13)9-10-4-3-5-11(16)8-10/h3-5,8,14,16H,6-7,9H2,1-2H3. The van der Waals surface area contributed by atoms with Gasteiger partial charge in [-0.05, 0) is 31.5 Å². The normalized spacial score (nSPS) is 19.4. The SMILES string of the molecule is CC1(C)NCCN(Cc2cccc(O)c2)C1=O. The van der Waals surface area contributed by atoms with Crippen molar-refractivity contribution >= 4 is 5.91 Å². The van der Waals surface area contributed by atoms with E-state index in [9.17, 15) is 9.90 Å². The summed E-state index contributed by atoms with van der Waals surface area (Å²) >= 11 is 0. The van der Waals surface area contributed by atoms with Gasteiger partial charge in [-0.2, -0.15) is 0 Å². The van der Waals surface area contributed by atoms with Gasteiger partial charge in [0.1, 0.15) is 5.75 Å². The first-order valence-electron chi connectivity index (χ1n) is 5.81. The van der Waals surface area contributed by atoms with Crippen molar-refractivity contribution < 1.29 is 9.90 Å². The highest BCUT2D eigenvalue weighted by atomic mass is 16.3. The zero-order valence-corrected chi connectivity index (χ0v) is 10.2. The number of benzene rings is 1. The van der Waals surface area contributed by atoms with E-state index in [1.54, 1.807) is 18.2 Å². The molecule has 0 aromatic heterocycles. The smallest absolute Gasteiger partial charge is 0.242 e. The van der Waals surface area contributed by atoms with Crippen molar-refractivity contribution in [1.29, 1.82) is 0 Å². The lowest BCUT2D eigenvalue weighted by atomic mass is 10.0. The number of phenolic OH excluding ortho intramolecular Hbond substituents is 1. The maximum absolute atomic E-state index is 12.1. The second-order valence-corrected chi connectivity index (χ2v) is 4.95. The third-order valence-corrected chi connectivity index (χ3v) is 3.05. The molecule has 2 rings (SSSR count). The molecule has 1 aliphatic heterocycles. The van der Waals surface area contributed by atoms with Crippen molar-refractivity contribution in [3.8, 4) is 5.75 Å². The largest absolute Gasteiger partial charge is 0.508 e. The molecule has 0 atom stereocenters. The fourth-order valence-corrected chi connectivity index (χ4v) is 2.10. The Hall–Kier alpha value is -1.55. The Kier molecular flexibility index (Phi) is 3.07. The predicted molar refractivity (Wildman–Crippen MR) is 65.6 cm³/mol. The number of rotatable bonds is 2. The summed E-state index contributed by atoms with van der Waals surface area (Å²) in [5, 5.41) is 12.6. The monoisotopic (exact) mass is 234 g/mol. The molecule has 0 radical (unpaired) electrons. The Bertz CT molecular complexity index is 429. The minimum atomic E-state index is -0.491. The van der Waals surface area contributed by atoms with Crippen molar-refractivity contribution in [2.24, 2.45) is 0 Å². The zero-order chi connectivity index (χ0) is 12.5. The van der Waals surface area contributed by atoms with Crippen LogP contribution in [0.25, 0.3) is 0 Å². The summed E-state index contributed by atoms with van der Waals surface area (Å²) in [5.74, 6) is 0.344. The molecule has 17 heavy (non-hydrogen) atoms. The first-order valence-corrected chi connectivity index (χ1v) is 5.81. The Morgan fingerprint density at radius 2 is 2.24 bits per heavy atom. The molecule has 1 fully saturated rings. The van der Waals surface area contributed by atoms with Crippen LogP contribution in [0, 0.1) is 0 Å². The quantitative estimate of drug-likeness (QED) is 0.805. The number of phenols is 1. The number of aromatic hydroxyl groups is 1. The summed E-state index contributed by atoms with van der Waals surface area (Å²) in [5.41, 5.74) is 0.464. The van der Waals surface area contributed by atoms with Crippen LogP contribution in [0.3, 0.4) is 0 Å². The van der Waals surface area contributed by atoms with Gasteiger partial charge in [-0.15, -0.1) is 0 Å². The maximum Gasteiger partial charge on any atom is 0.242 e. The average Bonchev–Trinajstić information content (AvgIpc) is 2.25. The topological polar surface area (TPSA) is 52.6 Å². The van der Waals surface area contributed by atoms with Gasteiger partial charge >= 0.3 is 0 Å². The third-order valence-electron chi connectivity index (χ3n) is 3.05. The molecule has 0 unspecified atom stereocenters. The Balaban J connectivity index is 2.11. The van der Waals surface area contributed by atoms with Gasteiger partial charge in [0.05, 0.1) is 5.54 Å². The van der Waals surface area contributed by atoms with E-state index in [0.717, 1.165) is 12.1 Å². The van der Waals surface area contributed by atoms with Gasteiger partial charge in [-0.25, -0.2) is 0 Å². The van der Waals surface area contributed by atoms with E-state index < -0.39 is 5.54 Å². The van der Waals surface area contributed by atoms with E-state index in [1.165, 1.54) is 0 Å². The van der Waals surface area contributed by atoms with Crippen molar-refractivity contribution in [3.05, 3.63) is 29.8 Å². The van der Waals surface area contributed by atoms with Gasteiger partial charge in [0.25, 0.3) is 0 Å². The van der Waals surface area contributed by atoms with E-state index in [0.29, 0.717) is 13.1 Å². The first-order chi connectivity index (χ1) is 7.99. The summed E-state index contributed by atoms with van der Waals surface area (Å²) in [4.78, 5) is 14.0. The van der Waals surface area contributed by atoms with Crippen LogP contribution < -0.4 is 5.32 Å². The molecular weight excluding hydrogens is 216 g/mol. The summed E-state index contributed by atoms with van der Waals surface area (Å²) in [6.07, 6.45) is 0. The van der Waals surface area contributed by atoms with E-state index >= 15 is 0 Å². The first kappa shape index (κ1) is 11.9. The Morgan fingerprint density at radius 1 is 1.47 bits per heavy atom. The van der Waals surface area contributed by atoms with Gasteiger partial charge in [-0.3, -0.25) is 4.79 Å². The van der Waals surface area contributed by atoms with Crippen LogP contribution in [0.2, 0.25) is 0 Å². The number of carbonyl (C=O) groups is 1. The zero-order valence-electron chi connectivity index (χ0n) is 10.2. The number of piperazine rings is 1. The number of carbonyl (C=O) groups excluding carboxylic acids is 1. The van der Waals surface area contributed by atoms with Crippen LogP contribution in [-0.4, -0.2) is 34.5 Å². The molecule has 2 N–H and O–H groups in total. The van der Waals surface area contributed by atoms with Crippen LogP contribution >= 0.6 is 0 Å². The molecule has 1 aromatic carbocycles. The summed E-state index contributed by atoms with van der Waals surface area (Å²) < 4.78 is 0. The number of nitrogens with zero attached hydrogens (tertiary/aromatic N) is 1. The number of nitrogens with one attached hydrogen (secondary N) is 1. The summed E-state index contributed by atoms with van der Waals surface area (Å²) in [7, 11) is 0. The minimum Gasteiger partial charge on any atom is -0.508 e. The molecule has 1 amide bonds. The molecule has 4 heteroatoms. The van der Waals surface area contributed by atoms with Gasteiger partial charge in [0, 0.05) is 19.6 Å². The number of amides is 1. The highest BCUT2D eigenvalue weighted by Gasteiger charge is 2.34. The van der Waals surface area contributed by atoms with Crippen molar-refractivity contribution in [2.75, 3.05) is 13.1 Å². The highest BCUT2D eigenvalue weighted by Crippen LogP contribution is 2.17. The van der Waals surface area contributed by atoms with Crippen LogP contribution in [0.5, 0.6) is 5.75 Å². The number of hydrogen-bond donors (Lipinski definition) is 2. The van der Waals surface area contributed by atoms with Gasteiger partial charge in [0.2, 0.25) is 5.91 Å². The fraction of sp³-hybridized carbons (Fsp3) is 0.462. The van der Waals surface area contributed by atoms with Crippen molar-refractivity contribution in [2.45, 2.75) is 25.9 Å². The predicted octanol–water partition coefficient (Wildman–Crippen LogP) is 1.10. The van der Waals surface area contributed by atoms with Gasteiger partial charge in [0.15, 0.2) is 0 Å². The molecule has 0 saturated carbocycles. The van der Waals surface area contributed by atoms with Crippen molar-refractivity contribution in [3.63, 3.8) is 0 Å². The fourth-order valence-electron chi connectivity index (χ4n) is 2.10. The van der Waals surface area contributed by atoms with Crippen LogP contribution in [0.4, 0.5) is 0 Å². The second kappa shape index (κ2) is 4.37. The van der Waals surface area contributed by atoms with Gasteiger partial charge < -0.3 is 15.3 Å². The van der Waals surface area contributed by atoms with Crippen LogP contribution in [0.1, 0.15) is 19.4 Å². The Labute approximate surface area is 101 Å². The molecular formula is C13H18N2O2.